The maximum atomic E-state index is 12.5. The zero-order valence-corrected chi connectivity index (χ0v) is 17.1. The van der Waals surface area contributed by atoms with Crippen LogP contribution in [0.25, 0.3) is 0 Å². The molecule has 1 unspecified atom stereocenters. The highest BCUT2D eigenvalue weighted by Gasteiger charge is 2.20. The number of ketones is 1. The van der Waals surface area contributed by atoms with Gasteiger partial charge in [-0.05, 0) is 54.2 Å². The number of rotatable bonds is 8. The predicted octanol–water partition coefficient (Wildman–Crippen LogP) is 4.21. The fourth-order valence-electron chi connectivity index (χ4n) is 3.58. The van der Waals surface area contributed by atoms with Crippen LogP contribution in [-0.2, 0) is 27.2 Å². The quantitative estimate of drug-likeness (QED) is 0.519. The first-order valence-electron chi connectivity index (χ1n) is 9.73. The van der Waals surface area contributed by atoms with E-state index in [2.05, 4.69) is 5.32 Å². The molecular formula is C23H24ClNO4. The highest BCUT2D eigenvalue weighted by molar-refractivity contribution is 6.30. The number of hydrogen-bond acceptors (Lipinski definition) is 4. The van der Waals surface area contributed by atoms with Gasteiger partial charge in [-0.3, -0.25) is 14.4 Å². The van der Waals surface area contributed by atoms with Gasteiger partial charge in [-0.25, -0.2) is 0 Å². The number of esters is 1. The number of ether oxygens (including phenoxy) is 1. The smallest absolute Gasteiger partial charge is 0.307 e. The SMILES string of the molecule is COC(=O)CC(NC(=O)CCC(=O)c1ccc2c(c1)CCC2)c1ccc(Cl)cc1. The number of aryl methyl sites for hydroxylation is 2. The number of methoxy groups -OCH3 is 1. The van der Waals surface area contributed by atoms with E-state index in [0.717, 1.165) is 24.8 Å². The second-order valence-corrected chi connectivity index (χ2v) is 7.65. The first kappa shape index (κ1) is 21.1. The van der Waals surface area contributed by atoms with Gasteiger partial charge in [0.2, 0.25) is 5.91 Å². The summed E-state index contributed by atoms with van der Waals surface area (Å²) in [6, 6.07) is 12.2. The second kappa shape index (κ2) is 9.70. The molecule has 0 bridgehead atoms. The van der Waals surface area contributed by atoms with Crippen molar-refractivity contribution in [2.75, 3.05) is 7.11 Å². The Morgan fingerprint density at radius 2 is 1.76 bits per heavy atom. The van der Waals surface area contributed by atoms with Crippen LogP contribution in [0.3, 0.4) is 0 Å². The summed E-state index contributed by atoms with van der Waals surface area (Å²) in [5.74, 6) is -0.770. The van der Waals surface area contributed by atoms with Gasteiger partial charge in [0.15, 0.2) is 5.78 Å². The maximum absolute atomic E-state index is 12.5. The molecule has 1 atom stereocenters. The third kappa shape index (κ3) is 5.67. The average Bonchev–Trinajstić information content (AvgIpc) is 3.19. The molecule has 0 heterocycles. The van der Waals surface area contributed by atoms with Gasteiger partial charge in [0.25, 0.3) is 0 Å². The Labute approximate surface area is 175 Å². The standard InChI is InChI=1S/C23H24ClNO4/c1-29-23(28)14-20(16-7-9-19(24)10-8-16)25-22(27)12-11-21(26)18-6-5-15-3-2-4-17(15)13-18/h5-10,13,20H,2-4,11-12,14H2,1H3,(H,25,27). The number of benzene rings is 2. The third-order valence-corrected chi connectivity index (χ3v) is 5.46. The van der Waals surface area contributed by atoms with Crippen LogP contribution in [0.1, 0.15) is 58.8 Å². The summed E-state index contributed by atoms with van der Waals surface area (Å²) in [5, 5.41) is 3.40. The maximum Gasteiger partial charge on any atom is 0.307 e. The van der Waals surface area contributed by atoms with Crippen molar-refractivity contribution in [2.45, 2.75) is 44.6 Å². The largest absolute Gasteiger partial charge is 0.469 e. The fraction of sp³-hybridized carbons (Fsp3) is 0.348. The highest BCUT2D eigenvalue weighted by Crippen LogP contribution is 2.24. The Morgan fingerprint density at radius 3 is 2.48 bits per heavy atom. The van der Waals surface area contributed by atoms with Crippen molar-refractivity contribution >= 4 is 29.3 Å². The Morgan fingerprint density at radius 1 is 1.03 bits per heavy atom. The Hall–Kier alpha value is -2.66. The first-order chi connectivity index (χ1) is 14.0. The molecular weight excluding hydrogens is 390 g/mol. The third-order valence-electron chi connectivity index (χ3n) is 5.21. The van der Waals surface area contributed by atoms with Crippen LogP contribution in [0.15, 0.2) is 42.5 Å². The van der Waals surface area contributed by atoms with Crippen molar-refractivity contribution in [3.8, 4) is 0 Å². The lowest BCUT2D eigenvalue weighted by Gasteiger charge is -2.18. The molecule has 1 amide bonds. The lowest BCUT2D eigenvalue weighted by molar-refractivity contribution is -0.141. The number of hydrogen-bond donors (Lipinski definition) is 1. The van der Waals surface area contributed by atoms with Gasteiger partial charge in [-0.15, -0.1) is 0 Å². The summed E-state index contributed by atoms with van der Waals surface area (Å²) < 4.78 is 4.73. The van der Waals surface area contributed by atoms with Crippen molar-refractivity contribution in [2.24, 2.45) is 0 Å². The van der Waals surface area contributed by atoms with Crippen LogP contribution >= 0.6 is 11.6 Å². The van der Waals surface area contributed by atoms with Gasteiger partial charge in [0.05, 0.1) is 19.6 Å². The number of halogens is 1. The highest BCUT2D eigenvalue weighted by atomic mass is 35.5. The van der Waals surface area contributed by atoms with Crippen LogP contribution < -0.4 is 5.32 Å². The topological polar surface area (TPSA) is 72.5 Å². The molecule has 0 aliphatic heterocycles. The van der Waals surface area contributed by atoms with Gasteiger partial charge in [0, 0.05) is 23.4 Å². The van der Waals surface area contributed by atoms with Gasteiger partial charge in [-0.1, -0.05) is 35.9 Å². The summed E-state index contributed by atoms with van der Waals surface area (Å²) in [5.41, 5.74) is 3.95. The lowest BCUT2D eigenvalue weighted by Crippen LogP contribution is -2.30. The molecule has 0 saturated heterocycles. The van der Waals surface area contributed by atoms with Crippen LogP contribution in [0.2, 0.25) is 5.02 Å². The van der Waals surface area contributed by atoms with Crippen LogP contribution in [0.5, 0.6) is 0 Å². The number of carbonyl (C=O) groups excluding carboxylic acids is 3. The van der Waals surface area contributed by atoms with Crippen LogP contribution in [0, 0.1) is 0 Å². The minimum atomic E-state index is -0.540. The van der Waals surface area contributed by atoms with Gasteiger partial charge in [-0.2, -0.15) is 0 Å². The first-order valence-corrected chi connectivity index (χ1v) is 10.1. The van der Waals surface area contributed by atoms with Crippen molar-refractivity contribution < 1.29 is 19.1 Å². The summed E-state index contributed by atoms with van der Waals surface area (Å²) in [6.07, 6.45) is 3.38. The second-order valence-electron chi connectivity index (χ2n) is 7.21. The molecule has 1 N–H and O–H groups in total. The molecule has 5 nitrogen and oxygen atoms in total. The molecule has 1 aliphatic carbocycles. The molecule has 2 aromatic rings. The molecule has 2 aromatic carbocycles. The monoisotopic (exact) mass is 413 g/mol. The number of amides is 1. The Kier molecular flexibility index (Phi) is 7.04. The summed E-state index contributed by atoms with van der Waals surface area (Å²) >= 11 is 5.92. The van der Waals surface area contributed by atoms with Crippen molar-refractivity contribution in [3.05, 3.63) is 69.7 Å². The Balaban J connectivity index is 1.59. The van der Waals surface area contributed by atoms with E-state index in [1.54, 1.807) is 24.3 Å². The lowest BCUT2D eigenvalue weighted by atomic mass is 10.0. The van der Waals surface area contributed by atoms with Crippen LogP contribution in [0.4, 0.5) is 0 Å². The minimum Gasteiger partial charge on any atom is -0.469 e. The molecule has 152 valence electrons. The van der Waals surface area contributed by atoms with E-state index in [0.29, 0.717) is 10.6 Å². The zero-order chi connectivity index (χ0) is 20.8. The fourth-order valence-corrected chi connectivity index (χ4v) is 3.71. The molecule has 0 aromatic heterocycles. The van der Waals surface area contributed by atoms with E-state index in [9.17, 15) is 14.4 Å². The number of carbonyl (C=O) groups is 3. The van der Waals surface area contributed by atoms with Crippen molar-refractivity contribution in [1.82, 2.24) is 5.32 Å². The van der Waals surface area contributed by atoms with E-state index >= 15 is 0 Å². The van der Waals surface area contributed by atoms with E-state index in [1.807, 2.05) is 18.2 Å². The molecule has 0 saturated carbocycles. The summed E-state index contributed by atoms with van der Waals surface area (Å²) in [7, 11) is 1.30. The van der Waals surface area contributed by atoms with E-state index in [4.69, 9.17) is 16.3 Å². The normalized spacial score (nSPS) is 13.4. The van der Waals surface area contributed by atoms with Crippen LogP contribution in [-0.4, -0.2) is 24.8 Å². The van der Waals surface area contributed by atoms with E-state index in [-0.39, 0.29) is 31.0 Å². The molecule has 0 radical (unpaired) electrons. The van der Waals surface area contributed by atoms with Crippen molar-refractivity contribution in [1.29, 1.82) is 0 Å². The summed E-state index contributed by atoms with van der Waals surface area (Å²) in [6.45, 7) is 0. The number of fused-ring (bicyclic) bond motifs is 1. The molecule has 6 heteroatoms. The number of nitrogens with one attached hydrogen (secondary N) is 1. The summed E-state index contributed by atoms with van der Waals surface area (Å²) in [4.78, 5) is 36.7. The van der Waals surface area contributed by atoms with E-state index < -0.39 is 12.0 Å². The average molecular weight is 414 g/mol. The molecule has 0 fully saturated rings. The molecule has 29 heavy (non-hydrogen) atoms. The van der Waals surface area contributed by atoms with Gasteiger partial charge in [0.1, 0.15) is 0 Å². The van der Waals surface area contributed by atoms with Crippen molar-refractivity contribution in [3.63, 3.8) is 0 Å². The molecule has 1 aliphatic rings. The minimum absolute atomic E-state index is 0.00262. The zero-order valence-electron chi connectivity index (χ0n) is 16.4. The molecule has 0 spiro atoms. The van der Waals surface area contributed by atoms with E-state index in [1.165, 1.54) is 18.2 Å². The number of Topliss-reactive ketones (excluding diaryl/α,β-unsaturated/α-hetero) is 1. The Bertz CT molecular complexity index is 908. The molecule has 3 rings (SSSR count). The van der Waals surface area contributed by atoms with Gasteiger partial charge < -0.3 is 10.1 Å². The predicted molar refractivity (Wildman–Crippen MR) is 111 cm³/mol. The van der Waals surface area contributed by atoms with Gasteiger partial charge >= 0.3 is 5.97 Å².